The Labute approximate surface area is 115 Å². The number of aromatic nitrogens is 3. The van der Waals surface area contributed by atoms with Crippen molar-refractivity contribution in [3.8, 4) is 5.75 Å². The van der Waals surface area contributed by atoms with Gasteiger partial charge in [0.05, 0.1) is 6.20 Å². The van der Waals surface area contributed by atoms with E-state index in [0.717, 1.165) is 0 Å². The fraction of sp³-hybridized carbons (Fsp3) is 0.308. The molecule has 6 nitrogen and oxygen atoms in total. The van der Waals surface area contributed by atoms with E-state index in [9.17, 15) is 9.18 Å². The molecule has 0 bridgehead atoms. The quantitative estimate of drug-likeness (QED) is 0.860. The molecule has 1 aromatic carbocycles. The largest absolute Gasteiger partial charge is 0.487 e. The van der Waals surface area contributed by atoms with E-state index in [-0.39, 0.29) is 24.9 Å². The molecule has 1 N–H and O–H groups in total. The first kappa shape index (κ1) is 14.0. The Morgan fingerprint density at radius 2 is 2.15 bits per heavy atom. The number of halogens is 1. The van der Waals surface area contributed by atoms with Gasteiger partial charge in [0.1, 0.15) is 30.4 Å². The molecular weight excluding hydrogens is 263 g/mol. The summed E-state index contributed by atoms with van der Waals surface area (Å²) in [5.41, 5.74) is 0.596. The summed E-state index contributed by atoms with van der Waals surface area (Å²) >= 11 is 0. The molecular formula is C13H15FN4O2. The number of carbonyl (C=O) groups is 1. The number of likely N-dealkylation sites (N-methyl/N-ethyl adjacent to an activating group) is 1. The van der Waals surface area contributed by atoms with Crippen LogP contribution < -0.4 is 10.1 Å². The third-order valence-corrected chi connectivity index (χ3v) is 2.47. The summed E-state index contributed by atoms with van der Waals surface area (Å²) in [5, 5.41) is 10.4. The van der Waals surface area contributed by atoms with Crippen LogP contribution in [0.2, 0.25) is 0 Å². The smallest absolute Gasteiger partial charge is 0.241 e. The summed E-state index contributed by atoms with van der Waals surface area (Å²) in [5.74, 6) is 0.110. The van der Waals surface area contributed by atoms with Gasteiger partial charge in [0, 0.05) is 6.54 Å². The molecule has 0 atom stereocenters. The zero-order chi connectivity index (χ0) is 14.4. The van der Waals surface area contributed by atoms with Gasteiger partial charge in [-0.05, 0) is 31.2 Å². The number of benzene rings is 1. The second-order valence-corrected chi connectivity index (χ2v) is 4.10. The number of hydrogen-bond acceptors (Lipinski definition) is 4. The summed E-state index contributed by atoms with van der Waals surface area (Å²) in [7, 11) is 0. The molecule has 0 aliphatic carbocycles. The van der Waals surface area contributed by atoms with Crippen LogP contribution in [0.5, 0.6) is 5.75 Å². The van der Waals surface area contributed by atoms with Crippen LogP contribution in [0.25, 0.3) is 0 Å². The summed E-state index contributed by atoms with van der Waals surface area (Å²) in [6.45, 7) is 2.76. The Kier molecular flexibility index (Phi) is 4.65. The van der Waals surface area contributed by atoms with Crippen LogP contribution in [0.3, 0.4) is 0 Å². The van der Waals surface area contributed by atoms with Crippen LogP contribution in [-0.4, -0.2) is 27.4 Å². The van der Waals surface area contributed by atoms with Gasteiger partial charge in [0.2, 0.25) is 5.91 Å². The number of amides is 1. The summed E-state index contributed by atoms with van der Waals surface area (Å²) in [6, 6.07) is 5.71. The monoisotopic (exact) mass is 278 g/mol. The zero-order valence-corrected chi connectivity index (χ0v) is 11.0. The average molecular weight is 278 g/mol. The highest BCUT2D eigenvalue weighted by atomic mass is 19.1. The third-order valence-electron chi connectivity index (χ3n) is 2.47. The molecule has 0 fully saturated rings. The number of hydrogen-bond donors (Lipinski definition) is 1. The fourth-order valence-electron chi connectivity index (χ4n) is 1.57. The Morgan fingerprint density at radius 3 is 2.85 bits per heavy atom. The highest BCUT2D eigenvalue weighted by Crippen LogP contribution is 2.12. The maximum Gasteiger partial charge on any atom is 0.241 e. The molecule has 1 amide bonds. The van der Waals surface area contributed by atoms with Crippen molar-refractivity contribution in [2.75, 3.05) is 6.54 Å². The number of carbonyl (C=O) groups excluding carboxylic acids is 1. The lowest BCUT2D eigenvalue weighted by atomic mass is 10.3. The lowest BCUT2D eigenvalue weighted by Crippen LogP contribution is -2.27. The van der Waals surface area contributed by atoms with Gasteiger partial charge < -0.3 is 10.1 Å². The first-order valence-electron chi connectivity index (χ1n) is 6.21. The standard InChI is InChI=1S/C13H15FN4O2/c1-2-15-13(19)8-18-7-11(16-17-18)9-20-12-5-3-10(14)4-6-12/h3-7H,2,8-9H2,1H3,(H,15,19). The minimum atomic E-state index is -0.315. The highest BCUT2D eigenvalue weighted by molar-refractivity contribution is 5.75. The maximum absolute atomic E-state index is 12.7. The van der Waals surface area contributed by atoms with E-state index in [0.29, 0.717) is 18.0 Å². The Morgan fingerprint density at radius 1 is 1.40 bits per heavy atom. The van der Waals surface area contributed by atoms with E-state index in [1.807, 2.05) is 6.92 Å². The SMILES string of the molecule is CCNC(=O)Cn1cc(COc2ccc(F)cc2)nn1. The minimum absolute atomic E-state index is 0.122. The minimum Gasteiger partial charge on any atom is -0.487 e. The van der Waals surface area contributed by atoms with Crippen LogP contribution in [0.4, 0.5) is 4.39 Å². The normalized spacial score (nSPS) is 10.3. The van der Waals surface area contributed by atoms with Crippen LogP contribution in [0, 0.1) is 5.82 Å². The van der Waals surface area contributed by atoms with Gasteiger partial charge in [-0.1, -0.05) is 5.21 Å². The Hall–Kier alpha value is -2.44. The molecule has 0 unspecified atom stereocenters. The van der Waals surface area contributed by atoms with Gasteiger partial charge >= 0.3 is 0 Å². The molecule has 2 rings (SSSR count). The van der Waals surface area contributed by atoms with E-state index in [4.69, 9.17) is 4.74 Å². The maximum atomic E-state index is 12.7. The van der Waals surface area contributed by atoms with Crippen molar-refractivity contribution in [1.82, 2.24) is 20.3 Å². The van der Waals surface area contributed by atoms with Gasteiger partial charge in [-0.3, -0.25) is 4.79 Å². The third kappa shape index (κ3) is 4.04. The molecule has 0 saturated carbocycles. The molecule has 0 spiro atoms. The van der Waals surface area contributed by atoms with Crippen molar-refractivity contribution in [3.63, 3.8) is 0 Å². The first-order chi connectivity index (χ1) is 9.67. The van der Waals surface area contributed by atoms with Gasteiger partial charge in [-0.25, -0.2) is 9.07 Å². The Bertz CT molecular complexity index is 568. The van der Waals surface area contributed by atoms with Gasteiger partial charge in [-0.15, -0.1) is 5.10 Å². The van der Waals surface area contributed by atoms with Crippen LogP contribution >= 0.6 is 0 Å². The second kappa shape index (κ2) is 6.65. The lowest BCUT2D eigenvalue weighted by molar-refractivity contribution is -0.121. The second-order valence-electron chi connectivity index (χ2n) is 4.10. The predicted octanol–water partition coefficient (Wildman–Crippen LogP) is 1.13. The zero-order valence-electron chi connectivity index (χ0n) is 11.0. The van der Waals surface area contributed by atoms with Crippen molar-refractivity contribution in [2.24, 2.45) is 0 Å². The molecule has 1 aromatic heterocycles. The van der Waals surface area contributed by atoms with Crippen LogP contribution in [-0.2, 0) is 17.9 Å². The van der Waals surface area contributed by atoms with Crippen LogP contribution in [0.1, 0.15) is 12.6 Å². The van der Waals surface area contributed by atoms with Crippen molar-refractivity contribution in [2.45, 2.75) is 20.1 Å². The van der Waals surface area contributed by atoms with Crippen LogP contribution in [0.15, 0.2) is 30.5 Å². The van der Waals surface area contributed by atoms with E-state index in [2.05, 4.69) is 15.6 Å². The van der Waals surface area contributed by atoms with E-state index in [1.165, 1.54) is 28.9 Å². The van der Waals surface area contributed by atoms with E-state index in [1.54, 1.807) is 6.20 Å². The number of nitrogens with zero attached hydrogens (tertiary/aromatic N) is 3. The molecule has 0 aliphatic rings. The lowest BCUT2D eigenvalue weighted by Gasteiger charge is -2.03. The molecule has 20 heavy (non-hydrogen) atoms. The predicted molar refractivity (Wildman–Crippen MR) is 69.4 cm³/mol. The fourth-order valence-corrected chi connectivity index (χ4v) is 1.57. The van der Waals surface area contributed by atoms with Gasteiger partial charge in [-0.2, -0.15) is 0 Å². The number of nitrogens with one attached hydrogen (secondary N) is 1. The van der Waals surface area contributed by atoms with Crippen molar-refractivity contribution >= 4 is 5.91 Å². The molecule has 2 aromatic rings. The Balaban J connectivity index is 1.86. The molecule has 7 heteroatoms. The average Bonchev–Trinajstić information content (AvgIpc) is 2.86. The molecule has 0 radical (unpaired) electrons. The van der Waals surface area contributed by atoms with Crippen molar-refractivity contribution in [1.29, 1.82) is 0 Å². The summed E-state index contributed by atoms with van der Waals surface area (Å²) < 4.78 is 19.6. The molecule has 1 heterocycles. The molecule has 0 saturated heterocycles. The van der Waals surface area contributed by atoms with Gasteiger partial charge in [0.15, 0.2) is 0 Å². The first-order valence-corrected chi connectivity index (χ1v) is 6.21. The highest BCUT2D eigenvalue weighted by Gasteiger charge is 2.05. The van der Waals surface area contributed by atoms with Gasteiger partial charge in [0.25, 0.3) is 0 Å². The summed E-state index contributed by atoms with van der Waals surface area (Å²) in [4.78, 5) is 11.4. The van der Waals surface area contributed by atoms with E-state index < -0.39 is 0 Å². The van der Waals surface area contributed by atoms with Crippen molar-refractivity contribution < 1.29 is 13.9 Å². The topological polar surface area (TPSA) is 69.0 Å². The van der Waals surface area contributed by atoms with E-state index >= 15 is 0 Å². The summed E-state index contributed by atoms with van der Waals surface area (Å²) in [6.07, 6.45) is 1.64. The number of ether oxygens (including phenoxy) is 1. The van der Waals surface area contributed by atoms with Crippen molar-refractivity contribution in [3.05, 3.63) is 42.0 Å². The molecule has 0 aliphatic heterocycles. The molecule has 106 valence electrons. The number of rotatable bonds is 6.